The number of sulfonamides is 1. The van der Waals surface area contributed by atoms with Crippen LogP contribution in [0.2, 0.25) is 5.02 Å². The molecule has 3 aromatic carbocycles. The summed E-state index contributed by atoms with van der Waals surface area (Å²) in [4.78, 5) is 12.9. The molecule has 0 heterocycles. The van der Waals surface area contributed by atoms with E-state index in [2.05, 4.69) is 5.32 Å². The van der Waals surface area contributed by atoms with Gasteiger partial charge >= 0.3 is 0 Å². The van der Waals surface area contributed by atoms with Crippen LogP contribution in [-0.2, 0) is 21.4 Å². The van der Waals surface area contributed by atoms with E-state index in [0.29, 0.717) is 5.75 Å². The lowest BCUT2D eigenvalue weighted by molar-refractivity contribution is -0.119. The molecule has 186 valence electrons. The molecule has 0 saturated heterocycles. The summed E-state index contributed by atoms with van der Waals surface area (Å²) in [5.74, 6) is 0.342. The number of benzene rings is 3. The van der Waals surface area contributed by atoms with Gasteiger partial charge in [-0.2, -0.15) is 0 Å². The summed E-state index contributed by atoms with van der Waals surface area (Å²) in [6.45, 7) is 1.69. The molecule has 1 N–H and O–H groups in total. The molecule has 0 radical (unpaired) electrons. The van der Waals surface area contributed by atoms with Crippen molar-refractivity contribution in [1.82, 2.24) is 5.32 Å². The normalized spacial score (nSPS) is 11.0. The predicted molar refractivity (Wildman–Crippen MR) is 135 cm³/mol. The number of carbonyl (C=O) groups is 1. The van der Waals surface area contributed by atoms with E-state index in [0.717, 1.165) is 15.4 Å². The fourth-order valence-corrected chi connectivity index (χ4v) is 5.06. The van der Waals surface area contributed by atoms with Gasteiger partial charge in [-0.3, -0.25) is 9.10 Å². The highest BCUT2D eigenvalue weighted by molar-refractivity contribution is 7.92. The van der Waals surface area contributed by atoms with Crippen molar-refractivity contribution in [3.05, 3.63) is 76.8 Å². The molecule has 10 heteroatoms. The number of nitrogens with zero attached hydrogens (tertiary/aromatic N) is 1. The first-order chi connectivity index (χ1) is 16.7. The van der Waals surface area contributed by atoms with Gasteiger partial charge < -0.3 is 19.5 Å². The van der Waals surface area contributed by atoms with Crippen LogP contribution in [0.1, 0.15) is 11.1 Å². The summed E-state index contributed by atoms with van der Waals surface area (Å²) in [6, 6.07) is 16.4. The molecule has 35 heavy (non-hydrogen) atoms. The van der Waals surface area contributed by atoms with Crippen LogP contribution < -0.4 is 23.8 Å². The highest BCUT2D eigenvalue weighted by Gasteiger charge is 2.30. The molecule has 0 aliphatic heterocycles. The minimum absolute atomic E-state index is 0.0936. The van der Waals surface area contributed by atoms with Crippen molar-refractivity contribution in [2.24, 2.45) is 0 Å². The quantitative estimate of drug-likeness (QED) is 0.432. The number of halogens is 1. The van der Waals surface area contributed by atoms with E-state index in [1.807, 2.05) is 31.2 Å². The second-order valence-corrected chi connectivity index (χ2v) is 9.85. The Hall–Kier alpha value is -3.43. The van der Waals surface area contributed by atoms with Crippen LogP contribution in [0.5, 0.6) is 17.2 Å². The monoisotopic (exact) mass is 518 g/mol. The van der Waals surface area contributed by atoms with Crippen LogP contribution in [0.15, 0.2) is 65.6 Å². The number of hydrogen-bond acceptors (Lipinski definition) is 6. The van der Waals surface area contributed by atoms with Crippen molar-refractivity contribution in [2.45, 2.75) is 18.4 Å². The summed E-state index contributed by atoms with van der Waals surface area (Å²) in [6.07, 6.45) is 0. The fourth-order valence-electron chi connectivity index (χ4n) is 3.45. The Morgan fingerprint density at radius 1 is 0.914 bits per heavy atom. The van der Waals surface area contributed by atoms with Gasteiger partial charge in [0.1, 0.15) is 12.3 Å². The van der Waals surface area contributed by atoms with Gasteiger partial charge in [-0.25, -0.2) is 8.42 Å². The largest absolute Gasteiger partial charge is 0.495 e. The van der Waals surface area contributed by atoms with E-state index < -0.39 is 22.5 Å². The lowest BCUT2D eigenvalue weighted by atomic mass is 10.1. The molecule has 0 spiro atoms. The molecule has 1 amide bonds. The first kappa shape index (κ1) is 26.2. The second kappa shape index (κ2) is 11.3. The third kappa shape index (κ3) is 5.98. The fraction of sp³-hybridized carbons (Fsp3) is 0.240. The lowest BCUT2D eigenvalue weighted by Gasteiger charge is -2.26. The zero-order valence-electron chi connectivity index (χ0n) is 19.9. The van der Waals surface area contributed by atoms with Crippen LogP contribution in [0, 0.1) is 6.92 Å². The van der Waals surface area contributed by atoms with Gasteiger partial charge in [-0.1, -0.05) is 35.9 Å². The molecule has 8 nitrogen and oxygen atoms in total. The summed E-state index contributed by atoms with van der Waals surface area (Å²) in [5, 5.41) is 3.08. The molecule has 3 aromatic rings. The zero-order valence-corrected chi connectivity index (χ0v) is 21.4. The smallest absolute Gasteiger partial charge is 0.265 e. The van der Waals surface area contributed by atoms with Gasteiger partial charge in [0.15, 0.2) is 11.5 Å². The van der Waals surface area contributed by atoms with Crippen molar-refractivity contribution < 1.29 is 27.4 Å². The van der Waals surface area contributed by atoms with E-state index in [1.165, 1.54) is 45.6 Å². The maximum absolute atomic E-state index is 13.8. The average Bonchev–Trinajstić information content (AvgIpc) is 2.86. The number of rotatable bonds is 10. The van der Waals surface area contributed by atoms with Crippen LogP contribution in [0.4, 0.5) is 5.69 Å². The molecule has 0 unspecified atom stereocenters. The molecule has 0 saturated carbocycles. The van der Waals surface area contributed by atoms with Crippen molar-refractivity contribution >= 4 is 33.2 Å². The highest BCUT2D eigenvalue weighted by atomic mass is 35.5. The molecule has 0 atom stereocenters. The summed E-state index contributed by atoms with van der Waals surface area (Å²) >= 11 is 6.18. The first-order valence-corrected chi connectivity index (χ1v) is 12.4. The SMILES string of the molecule is COc1ccc(S(=O)(=O)N(CC(=O)NCc2ccccc2C)c2cc(Cl)ccc2OC)cc1OC. The van der Waals surface area contributed by atoms with Crippen LogP contribution in [0.3, 0.4) is 0 Å². The van der Waals surface area contributed by atoms with Gasteiger partial charge in [-0.15, -0.1) is 0 Å². The van der Waals surface area contributed by atoms with Gasteiger partial charge in [0.2, 0.25) is 5.91 Å². The Morgan fingerprint density at radius 3 is 2.23 bits per heavy atom. The van der Waals surface area contributed by atoms with Crippen molar-refractivity contribution in [3.8, 4) is 17.2 Å². The zero-order chi connectivity index (χ0) is 25.6. The van der Waals surface area contributed by atoms with Crippen LogP contribution in [-0.4, -0.2) is 42.2 Å². The highest BCUT2D eigenvalue weighted by Crippen LogP contribution is 2.36. The standard InChI is InChI=1S/C25H27ClN2O6S/c1-17-7-5-6-8-18(17)15-27-25(29)16-28(21-13-19(26)9-11-22(21)32-2)35(30,31)20-10-12-23(33-3)24(14-20)34-4/h5-14H,15-16H2,1-4H3,(H,27,29). The number of nitrogens with one attached hydrogen (secondary N) is 1. The van der Waals surface area contributed by atoms with Crippen molar-refractivity contribution in [1.29, 1.82) is 0 Å². The summed E-state index contributed by atoms with van der Waals surface area (Å²) in [7, 11) is 0.0201. The van der Waals surface area contributed by atoms with Crippen LogP contribution in [0.25, 0.3) is 0 Å². The number of hydrogen-bond donors (Lipinski definition) is 1. The summed E-state index contributed by atoms with van der Waals surface area (Å²) in [5.41, 5.74) is 2.07. The molecule has 0 aromatic heterocycles. The summed E-state index contributed by atoms with van der Waals surface area (Å²) < 4.78 is 44.4. The minimum Gasteiger partial charge on any atom is -0.495 e. The molecule has 0 bridgehead atoms. The van der Waals surface area contributed by atoms with Crippen molar-refractivity contribution in [3.63, 3.8) is 0 Å². The lowest BCUT2D eigenvalue weighted by Crippen LogP contribution is -2.41. The molecule has 0 aliphatic rings. The Labute approximate surface area is 210 Å². The van der Waals surface area contributed by atoms with Gasteiger partial charge in [0.25, 0.3) is 10.0 Å². The Bertz CT molecular complexity index is 1310. The Kier molecular flexibility index (Phi) is 8.48. The molecule has 0 fully saturated rings. The number of carbonyl (C=O) groups excluding carboxylic acids is 1. The predicted octanol–water partition coefficient (Wildman–Crippen LogP) is 4.19. The Balaban J connectivity index is 2.01. The second-order valence-electron chi connectivity index (χ2n) is 7.55. The van der Waals surface area contributed by atoms with E-state index >= 15 is 0 Å². The maximum Gasteiger partial charge on any atom is 0.265 e. The van der Waals surface area contributed by atoms with Crippen LogP contribution >= 0.6 is 11.6 Å². The first-order valence-electron chi connectivity index (χ1n) is 10.6. The Morgan fingerprint density at radius 2 is 1.57 bits per heavy atom. The third-order valence-electron chi connectivity index (χ3n) is 5.38. The molecule has 3 rings (SSSR count). The molecular formula is C25H27ClN2O6S. The molecule has 0 aliphatic carbocycles. The average molecular weight is 519 g/mol. The van der Waals surface area contributed by atoms with E-state index in [-0.39, 0.29) is 33.6 Å². The minimum atomic E-state index is -4.25. The van der Waals surface area contributed by atoms with Gasteiger partial charge in [0, 0.05) is 17.6 Å². The number of ether oxygens (including phenoxy) is 3. The van der Waals surface area contributed by atoms with Gasteiger partial charge in [-0.05, 0) is 48.4 Å². The van der Waals surface area contributed by atoms with E-state index in [4.69, 9.17) is 25.8 Å². The van der Waals surface area contributed by atoms with E-state index in [1.54, 1.807) is 12.1 Å². The number of amides is 1. The topological polar surface area (TPSA) is 94.2 Å². The van der Waals surface area contributed by atoms with E-state index in [9.17, 15) is 13.2 Å². The molecular weight excluding hydrogens is 492 g/mol. The third-order valence-corrected chi connectivity index (χ3v) is 7.37. The maximum atomic E-state index is 13.8. The number of methoxy groups -OCH3 is 3. The number of anilines is 1. The van der Waals surface area contributed by atoms with Gasteiger partial charge in [0.05, 0.1) is 31.9 Å². The van der Waals surface area contributed by atoms with Crippen molar-refractivity contribution in [2.75, 3.05) is 32.2 Å². The number of aryl methyl sites for hydroxylation is 1.